The number of carbonyl (C=O) groups excluding carboxylic acids is 1. The molecule has 3 aromatic rings. The molecule has 1 N–H and O–H groups in total. The Hall–Kier alpha value is -1.47. The number of carbonyl (C=O) groups is 1. The molecule has 22 heavy (non-hydrogen) atoms. The van der Waals surface area contributed by atoms with Gasteiger partial charge in [-0.1, -0.05) is 23.7 Å². The number of methoxy groups -OCH3 is 1. The van der Waals surface area contributed by atoms with Gasteiger partial charge in [-0.25, -0.2) is 4.98 Å². The second kappa shape index (κ2) is 6.75. The van der Waals surface area contributed by atoms with E-state index in [0.717, 1.165) is 15.1 Å². The first kappa shape index (κ1) is 15.4. The van der Waals surface area contributed by atoms with Crippen LogP contribution < -0.4 is 5.32 Å². The first-order valence-corrected chi connectivity index (χ1v) is 8.60. The lowest BCUT2D eigenvalue weighted by atomic mass is 10.3. The normalized spacial score (nSPS) is 12.5. The van der Waals surface area contributed by atoms with Crippen molar-refractivity contribution in [2.24, 2.45) is 0 Å². The molecule has 0 unspecified atom stereocenters. The maximum atomic E-state index is 12.2. The molecule has 0 spiro atoms. The van der Waals surface area contributed by atoms with Crippen molar-refractivity contribution in [1.82, 2.24) is 10.3 Å². The molecule has 2 heterocycles. The lowest BCUT2D eigenvalue weighted by molar-refractivity contribution is 0.0837. The Balaban J connectivity index is 1.68. The van der Waals surface area contributed by atoms with Gasteiger partial charge in [-0.3, -0.25) is 4.79 Å². The van der Waals surface area contributed by atoms with Gasteiger partial charge in [-0.15, -0.1) is 22.7 Å². The lowest BCUT2D eigenvalue weighted by Gasteiger charge is -2.13. The largest absolute Gasteiger partial charge is 0.374 e. The highest BCUT2D eigenvalue weighted by atomic mass is 35.5. The van der Waals surface area contributed by atoms with Gasteiger partial charge in [0.15, 0.2) is 5.01 Å². The van der Waals surface area contributed by atoms with Gasteiger partial charge in [0.05, 0.1) is 14.6 Å². The standard InChI is InChI=1S/C15H13ClN2O2S2/c1-20-10(12-6-7-13(16)21-12)8-17-14(19)15-18-9-4-2-3-5-11(9)22-15/h2-7,10H,8H2,1H3,(H,17,19)/t10-/m1/s1. The average molecular weight is 353 g/mol. The molecule has 0 saturated heterocycles. The molecule has 0 saturated carbocycles. The van der Waals surface area contributed by atoms with Crippen LogP contribution in [0.15, 0.2) is 36.4 Å². The fourth-order valence-corrected chi connectivity index (χ4v) is 4.05. The second-order valence-corrected chi connectivity index (χ2v) is 7.34. The highest BCUT2D eigenvalue weighted by Gasteiger charge is 2.17. The minimum absolute atomic E-state index is 0.189. The minimum atomic E-state index is -0.212. The van der Waals surface area contributed by atoms with Crippen molar-refractivity contribution < 1.29 is 9.53 Å². The summed E-state index contributed by atoms with van der Waals surface area (Å²) in [5.74, 6) is -0.189. The summed E-state index contributed by atoms with van der Waals surface area (Å²) in [4.78, 5) is 17.6. The summed E-state index contributed by atoms with van der Waals surface area (Å²) >= 11 is 8.76. The first-order chi connectivity index (χ1) is 10.7. The van der Waals surface area contributed by atoms with Crippen LogP contribution in [0.25, 0.3) is 10.2 Å². The van der Waals surface area contributed by atoms with Crippen LogP contribution in [0, 0.1) is 0 Å². The van der Waals surface area contributed by atoms with Gasteiger partial charge < -0.3 is 10.1 Å². The van der Waals surface area contributed by atoms with Crippen LogP contribution in [-0.2, 0) is 4.74 Å². The Morgan fingerprint density at radius 2 is 2.14 bits per heavy atom. The molecule has 2 aromatic heterocycles. The summed E-state index contributed by atoms with van der Waals surface area (Å²) in [5, 5.41) is 3.32. The lowest BCUT2D eigenvalue weighted by Crippen LogP contribution is -2.28. The molecule has 7 heteroatoms. The number of amides is 1. The third-order valence-corrected chi connectivity index (χ3v) is 5.49. The zero-order valence-electron chi connectivity index (χ0n) is 11.7. The second-order valence-electron chi connectivity index (χ2n) is 4.56. The highest BCUT2D eigenvalue weighted by Crippen LogP contribution is 2.28. The molecular formula is C15H13ClN2O2S2. The van der Waals surface area contributed by atoms with Crippen LogP contribution in [-0.4, -0.2) is 24.5 Å². The van der Waals surface area contributed by atoms with E-state index in [1.54, 1.807) is 7.11 Å². The van der Waals surface area contributed by atoms with Crippen molar-refractivity contribution >= 4 is 50.4 Å². The average Bonchev–Trinajstić information content (AvgIpc) is 3.14. The third kappa shape index (κ3) is 3.30. The predicted molar refractivity (Wildman–Crippen MR) is 91.0 cm³/mol. The monoisotopic (exact) mass is 352 g/mol. The number of hydrogen-bond acceptors (Lipinski definition) is 5. The topological polar surface area (TPSA) is 51.2 Å². The van der Waals surface area contributed by atoms with Crippen LogP contribution in [0.1, 0.15) is 20.8 Å². The summed E-state index contributed by atoms with van der Waals surface area (Å²) in [6, 6.07) is 11.4. The van der Waals surface area contributed by atoms with Gasteiger partial charge in [0.25, 0.3) is 5.91 Å². The quantitative estimate of drug-likeness (QED) is 0.751. The van der Waals surface area contributed by atoms with Crippen LogP contribution >= 0.6 is 34.3 Å². The van der Waals surface area contributed by atoms with Crippen LogP contribution in [0.2, 0.25) is 4.34 Å². The number of nitrogens with zero attached hydrogens (tertiary/aromatic N) is 1. The van der Waals surface area contributed by atoms with E-state index >= 15 is 0 Å². The van der Waals surface area contributed by atoms with Gasteiger partial charge >= 0.3 is 0 Å². The number of halogens is 1. The zero-order valence-corrected chi connectivity index (χ0v) is 14.1. The molecule has 1 aromatic carbocycles. The number of fused-ring (bicyclic) bond motifs is 1. The van der Waals surface area contributed by atoms with Crippen molar-refractivity contribution in [2.75, 3.05) is 13.7 Å². The van der Waals surface area contributed by atoms with Gasteiger partial charge in [0.2, 0.25) is 0 Å². The minimum Gasteiger partial charge on any atom is -0.374 e. The van der Waals surface area contributed by atoms with E-state index < -0.39 is 0 Å². The number of benzene rings is 1. The Kier molecular flexibility index (Phi) is 4.73. The molecule has 3 rings (SSSR count). The maximum absolute atomic E-state index is 12.2. The summed E-state index contributed by atoms with van der Waals surface area (Å²) in [6.45, 7) is 0.377. The number of thiophene rings is 1. The van der Waals surface area contributed by atoms with Crippen molar-refractivity contribution in [3.63, 3.8) is 0 Å². The van der Waals surface area contributed by atoms with E-state index in [9.17, 15) is 4.79 Å². The van der Waals surface area contributed by atoms with Gasteiger partial charge in [0, 0.05) is 18.5 Å². The molecule has 0 fully saturated rings. The molecule has 1 atom stereocenters. The number of nitrogens with one attached hydrogen (secondary N) is 1. The Bertz CT molecular complexity index is 767. The molecule has 114 valence electrons. The van der Waals surface area contributed by atoms with Crippen LogP contribution in [0.4, 0.5) is 0 Å². The summed E-state index contributed by atoms with van der Waals surface area (Å²) < 4.78 is 7.12. The molecule has 1 amide bonds. The van der Waals surface area contributed by atoms with Crippen LogP contribution in [0.5, 0.6) is 0 Å². The highest BCUT2D eigenvalue weighted by molar-refractivity contribution is 7.20. The van der Waals surface area contributed by atoms with Gasteiger partial charge in [0.1, 0.15) is 6.10 Å². The van der Waals surface area contributed by atoms with Gasteiger partial charge in [-0.05, 0) is 24.3 Å². The van der Waals surface area contributed by atoms with E-state index in [1.807, 2.05) is 36.4 Å². The number of aromatic nitrogens is 1. The first-order valence-electron chi connectivity index (χ1n) is 6.59. The van der Waals surface area contributed by atoms with E-state index in [-0.39, 0.29) is 12.0 Å². The molecule has 0 radical (unpaired) electrons. The van der Waals surface area contributed by atoms with Crippen molar-refractivity contribution in [3.05, 3.63) is 50.6 Å². The molecule has 0 aliphatic rings. The molecule has 0 aliphatic heterocycles. The molecular weight excluding hydrogens is 340 g/mol. The number of hydrogen-bond donors (Lipinski definition) is 1. The molecule has 0 bridgehead atoms. The summed E-state index contributed by atoms with van der Waals surface area (Å²) in [6.07, 6.45) is -0.212. The van der Waals surface area contributed by atoms with E-state index in [2.05, 4.69) is 10.3 Å². The number of rotatable bonds is 5. The van der Waals surface area contributed by atoms with E-state index in [0.29, 0.717) is 15.9 Å². The molecule has 0 aliphatic carbocycles. The fraction of sp³-hybridized carbons (Fsp3) is 0.200. The SMILES string of the molecule is CO[C@H](CNC(=O)c1nc2ccccc2s1)c1ccc(Cl)s1. The fourth-order valence-electron chi connectivity index (χ4n) is 2.03. The molecule has 4 nitrogen and oxygen atoms in total. The number of ether oxygens (including phenoxy) is 1. The van der Waals surface area contributed by atoms with Gasteiger partial charge in [-0.2, -0.15) is 0 Å². The van der Waals surface area contributed by atoms with Crippen LogP contribution in [0.3, 0.4) is 0 Å². The third-order valence-electron chi connectivity index (χ3n) is 3.13. The Labute approximate surface area is 140 Å². The summed E-state index contributed by atoms with van der Waals surface area (Å²) in [5.41, 5.74) is 0.839. The number of thiazole rings is 1. The maximum Gasteiger partial charge on any atom is 0.280 e. The van der Waals surface area contributed by atoms with Crippen molar-refractivity contribution in [1.29, 1.82) is 0 Å². The summed E-state index contributed by atoms with van der Waals surface area (Å²) in [7, 11) is 1.61. The predicted octanol–water partition coefficient (Wildman–Crippen LogP) is 4.13. The zero-order chi connectivity index (χ0) is 15.5. The Morgan fingerprint density at radius 3 is 2.82 bits per heavy atom. The number of para-hydroxylation sites is 1. The van der Waals surface area contributed by atoms with E-state index in [1.165, 1.54) is 22.7 Å². The van der Waals surface area contributed by atoms with Crippen molar-refractivity contribution in [2.45, 2.75) is 6.10 Å². The van der Waals surface area contributed by atoms with Crippen molar-refractivity contribution in [3.8, 4) is 0 Å². The Morgan fingerprint density at radius 1 is 1.32 bits per heavy atom. The smallest absolute Gasteiger partial charge is 0.280 e. The van der Waals surface area contributed by atoms with E-state index in [4.69, 9.17) is 16.3 Å².